The van der Waals surface area contributed by atoms with Gasteiger partial charge in [0.1, 0.15) is 17.9 Å². The fourth-order valence-electron chi connectivity index (χ4n) is 4.28. The smallest absolute Gasteiger partial charge is 0.325 e. The Morgan fingerprint density at radius 3 is 2.68 bits per heavy atom. The van der Waals surface area contributed by atoms with Gasteiger partial charge in [-0.1, -0.05) is 28.9 Å². The molecule has 0 spiro atoms. The highest BCUT2D eigenvalue weighted by Crippen LogP contribution is 2.42. The molecule has 4 rings (SSSR count). The van der Waals surface area contributed by atoms with E-state index in [1.54, 1.807) is 6.07 Å². The number of rotatable bonds is 6. The van der Waals surface area contributed by atoms with E-state index in [1.807, 2.05) is 18.2 Å². The van der Waals surface area contributed by atoms with Gasteiger partial charge in [0, 0.05) is 23.0 Å². The van der Waals surface area contributed by atoms with Gasteiger partial charge >= 0.3 is 5.97 Å². The minimum atomic E-state index is -1.01. The van der Waals surface area contributed by atoms with Crippen molar-refractivity contribution in [2.24, 2.45) is 5.73 Å². The lowest BCUT2D eigenvalue weighted by molar-refractivity contribution is -0.137. The number of hydrogen-bond acceptors (Lipinski definition) is 6. The first-order valence-corrected chi connectivity index (χ1v) is 10.5. The van der Waals surface area contributed by atoms with Gasteiger partial charge < -0.3 is 10.8 Å². The highest BCUT2D eigenvalue weighted by Gasteiger charge is 2.37. The molecule has 1 aliphatic carbocycles. The van der Waals surface area contributed by atoms with E-state index in [-0.39, 0.29) is 23.6 Å². The minimum absolute atomic E-state index is 0.0552. The number of carboxylic acid groups (broad SMARTS) is 1. The zero-order valence-corrected chi connectivity index (χ0v) is 17.6. The molecule has 0 bridgehead atoms. The van der Waals surface area contributed by atoms with E-state index in [2.05, 4.69) is 21.5 Å². The van der Waals surface area contributed by atoms with Gasteiger partial charge in [-0.2, -0.15) is 5.10 Å². The topological polar surface area (TPSA) is 129 Å². The van der Waals surface area contributed by atoms with Gasteiger partial charge in [0.2, 0.25) is 0 Å². The van der Waals surface area contributed by atoms with Crippen LogP contribution in [0.25, 0.3) is 11.4 Å². The van der Waals surface area contributed by atoms with Crippen molar-refractivity contribution in [1.29, 1.82) is 0 Å². The highest BCUT2D eigenvalue weighted by molar-refractivity contribution is 6.30. The molecule has 1 saturated carbocycles. The number of halogens is 1. The Bertz CT molecular complexity index is 1150. The normalized spacial score (nSPS) is 21.2. The standard InChI is InChI=1S/C21H23ClN6O3/c22-15-3-1-2-14(10-15)21(13-23)8-6-16(7-9-21)28-19(29)5-4-17(25-28)18-11-27(26-24-18)12-20(30)31/h1-5,10-11,16H,6-9,12-13,23H2,(H,30,31). The van der Waals surface area contributed by atoms with E-state index in [4.69, 9.17) is 22.4 Å². The Morgan fingerprint density at radius 2 is 2.00 bits per heavy atom. The number of hydrogen-bond donors (Lipinski definition) is 2. The van der Waals surface area contributed by atoms with Gasteiger partial charge in [-0.25, -0.2) is 9.36 Å². The molecule has 3 aromatic rings. The average Bonchev–Trinajstić information content (AvgIpc) is 3.22. The molecular formula is C21H23ClN6O3. The largest absolute Gasteiger partial charge is 0.480 e. The number of carbonyl (C=O) groups is 1. The molecule has 162 valence electrons. The van der Waals surface area contributed by atoms with Crippen LogP contribution < -0.4 is 11.3 Å². The van der Waals surface area contributed by atoms with Crippen molar-refractivity contribution in [2.45, 2.75) is 43.7 Å². The van der Waals surface area contributed by atoms with Crippen LogP contribution in [0, 0.1) is 0 Å². The Morgan fingerprint density at radius 1 is 1.23 bits per heavy atom. The molecule has 1 aromatic carbocycles. The quantitative estimate of drug-likeness (QED) is 0.598. The molecular weight excluding hydrogens is 420 g/mol. The van der Waals surface area contributed by atoms with Crippen molar-refractivity contribution >= 4 is 17.6 Å². The molecule has 0 amide bonds. The van der Waals surface area contributed by atoms with E-state index >= 15 is 0 Å². The summed E-state index contributed by atoms with van der Waals surface area (Å²) in [4.78, 5) is 23.4. The van der Waals surface area contributed by atoms with Crippen LogP contribution in [-0.2, 0) is 16.8 Å². The zero-order valence-electron chi connectivity index (χ0n) is 16.8. The first-order valence-electron chi connectivity index (χ1n) is 10.1. The van der Waals surface area contributed by atoms with Gasteiger partial charge in [-0.05, 0) is 49.4 Å². The van der Waals surface area contributed by atoms with Crippen molar-refractivity contribution in [3.8, 4) is 11.4 Å². The van der Waals surface area contributed by atoms with Crippen molar-refractivity contribution < 1.29 is 9.90 Å². The fraction of sp³-hybridized carbons (Fsp3) is 0.381. The molecule has 0 radical (unpaired) electrons. The van der Waals surface area contributed by atoms with E-state index in [0.717, 1.165) is 31.2 Å². The summed E-state index contributed by atoms with van der Waals surface area (Å²) in [6.07, 6.45) is 4.66. The second kappa shape index (κ2) is 8.60. The summed E-state index contributed by atoms with van der Waals surface area (Å²) in [5.41, 5.74) is 7.86. The number of aliphatic carboxylic acids is 1. The fourth-order valence-corrected chi connectivity index (χ4v) is 4.47. The molecule has 10 heteroatoms. The summed E-state index contributed by atoms with van der Waals surface area (Å²) in [6.45, 7) is 0.217. The lowest BCUT2D eigenvalue weighted by Gasteiger charge is -2.40. The molecule has 2 aromatic heterocycles. The van der Waals surface area contributed by atoms with Gasteiger partial charge in [0.15, 0.2) is 0 Å². The van der Waals surface area contributed by atoms with Crippen molar-refractivity contribution in [1.82, 2.24) is 24.8 Å². The number of nitrogens with two attached hydrogens (primary N) is 1. The number of aromatic nitrogens is 5. The third-order valence-electron chi connectivity index (χ3n) is 6.01. The number of benzene rings is 1. The minimum Gasteiger partial charge on any atom is -0.480 e. The van der Waals surface area contributed by atoms with Crippen LogP contribution in [0.3, 0.4) is 0 Å². The molecule has 0 atom stereocenters. The van der Waals surface area contributed by atoms with Crippen LogP contribution >= 0.6 is 11.6 Å². The monoisotopic (exact) mass is 442 g/mol. The molecule has 0 aliphatic heterocycles. The van der Waals surface area contributed by atoms with Crippen molar-refractivity contribution in [3.63, 3.8) is 0 Å². The molecule has 0 saturated heterocycles. The summed E-state index contributed by atoms with van der Waals surface area (Å²) in [7, 11) is 0. The maximum atomic E-state index is 12.5. The average molecular weight is 443 g/mol. The van der Waals surface area contributed by atoms with E-state index < -0.39 is 5.97 Å². The van der Waals surface area contributed by atoms with E-state index in [0.29, 0.717) is 23.0 Å². The summed E-state index contributed by atoms with van der Waals surface area (Å²) in [5, 5.41) is 21.9. The Hall–Kier alpha value is -3.04. The summed E-state index contributed by atoms with van der Waals surface area (Å²) < 4.78 is 2.72. The Labute approximate surface area is 183 Å². The first kappa shape index (κ1) is 21.2. The van der Waals surface area contributed by atoms with E-state index in [9.17, 15) is 9.59 Å². The molecule has 1 fully saturated rings. The zero-order chi connectivity index (χ0) is 22.0. The second-order valence-electron chi connectivity index (χ2n) is 7.92. The predicted octanol–water partition coefficient (Wildman–Crippen LogP) is 2.25. The molecule has 9 nitrogen and oxygen atoms in total. The summed E-state index contributed by atoms with van der Waals surface area (Å²) in [5.74, 6) is -1.01. The summed E-state index contributed by atoms with van der Waals surface area (Å²) in [6, 6.07) is 10.8. The maximum Gasteiger partial charge on any atom is 0.325 e. The van der Waals surface area contributed by atoms with Gasteiger partial charge in [0.25, 0.3) is 5.56 Å². The maximum absolute atomic E-state index is 12.5. The van der Waals surface area contributed by atoms with Crippen LogP contribution in [0.15, 0.2) is 47.4 Å². The predicted molar refractivity (Wildman–Crippen MR) is 115 cm³/mol. The van der Waals surface area contributed by atoms with Gasteiger partial charge in [-0.15, -0.1) is 5.10 Å². The van der Waals surface area contributed by atoms with Gasteiger partial charge in [0.05, 0.1) is 12.2 Å². The third-order valence-corrected chi connectivity index (χ3v) is 6.24. The Kier molecular flexibility index (Phi) is 5.88. The SMILES string of the molecule is NCC1(c2cccc(Cl)c2)CCC(n2nc(-c3cn(CC(=O)O)nn3)ccc2=O)CC1. The van der Waals surface area contributed by atoms with Crippen LogP contribution in [0.4, 0.5) is 0 Å². The van der Waals surface area contributed by atoms with Crippen LogP contribution in [0.1, 0.15) is 37.3 Å². The van der Waals surface area contributed by atoms with Crippen LogP contribution in [-0.4, -0.2) is 42.4 Å². The first-order chi connectivity index (χ1) is 14.9. The molecule has 31 heavy (non-hydrogen) atoms. The second-order valence-corrected chi connectivity index (χ2v) is 8.36. The molecule has 0 unspecified atom stereocenters. The Balaban J connectivity index is 1.56. The lowest BCUT2D eigenvalue weighted by Crippen LogP contribution is -2.41. The van der Waals surface area contributed by atoms with Crippen LogP contribution in [0.5, 0.6) is 0 Å². The van der Waals surface area contributed by atoms with E-state index in [1.165, 1.54) is 21.6 Å². The number of carboxylic acids is 1. The summed E-state index contributed by atoms with van der Waals surface area (Å²) >= 11 is 6.19. The van der Waals surface area contributed by atoms with Crippen molar-refractivity contribution in [3.05, 3.63) is 63.5 Å². The molecule has 1 aliphatic rings. The molecule has 3 N–H and O–H groups in total. The lowest BCUT2D eigenvalue weighted by atomic mass is 9.68. The molecule has 2 heterocycles. The van der Waals surface area contributed by atoms with Crippen molar-refractivity contribution in [2.75, 3.05) is 6.54 Å². The third kappa shape index (κ3) is 4.38. The van der Waals surface area contributed by atoms with Crippen LogP contribution in [0.2, 0.25) is 5.02 Å². The number of nitrogens with zero attached hydrogens (tertiary/aromatic N) is 5. The highest BCUT2D eigenvalue weighted by atomic mass is 35.5. The van der Waals surface area contributed by atoms with Gasteiger partial charge in [-0.3, -0.25) is 9.59 Å².